The van der Waals surface area contributed by atoms with E-state index < -0.39 is 18.1 Å². The van der Waals surface area contributed by atoms with Gasteiger partial charge >= 0.3 is 6.18 Å². The first kappa shape index (κ1) is 20.5. The lowest BCUT2D eigenvalue weighted by Gasteiger charge is -2.38. The minimum atomic E-state index is -4.70. The third kappa shape index (κ3) is 3.72. The molecule has 1 aromatic heterocycles. The third-order valence-corrected chi connectivity index (χ3v) is 5.81. The molecule has 0 radical (unpaired) electrons. The van der Waals surface area contributed by atoms with E-state index in [1.54, 1.807) is 52.3 Å². The molecular weight excluding hydrogens is 421 g/mol. The van der Waals surface area contributed by atoms with E-state index in [-0.39, 0.29) is 23.8 Å². The number of alkyl halides is 3. The molecule has 0 spiro atoms. The Hall–Kier alpha value is -3.36. The maximum Gasteiger partial charge on any atom is 0.451 e. The first-order chi connectivity index (χ1) is 15.4. The van der Waals surface area contributed by atoms with Crippen molar-refractivity contribution in [2.24, 2.45) is 0 Å². The fourth-order valence-electron chi connectivity index (χ4n) is 4.27. The molecule has 0 bridgehead atoms. The SMILES string of the molecule is O=C(C1CN(c2nc(C(F)(F)F)nc3ccccc23)c2ccccc2O1)N1CCCCC1. The zero-order valence-corrected chi connectivity index (χ0v) is 17.2. The third-order valence-electron chi connectivity index (χ3n) is 5.81. The van der Waals surface area contributed by atoms with E-state index in [2.05, 4.69) is 9.97 Å². The lowest BCUT2D eigenvalue weighted by atomic mass is 10.1. The van der Waals surface area contributed by atoms with Gasteiger partial charge in [-0.2, -0.15) is 13.2 Å². The summed E-state index contributed by atoms with van der Waals surface area (Å²) in [7, 11) is 0. The van der Waals surface area contributed by atoms with Crippen molar-refractivity contribution in [2.45, 2.75) is 31.5 Å². The molecule has 1 saturated heterocycles. The van der Waals surface area contributed by atoms with Gasteiger partial charge in [-0.25, -0.2) is 9.97 Å². The molecule has 0 saturated carbocycles. The van der Waals surface area contributed by atoms with Crippen molar-refractivity contribution in [3.63, 3.8) is 0 Å². The summed E-state index contributed by atoms with van der Waals surface area (Å²) >= 11 is 0. The fraction of sp³-hybridized carbons (Fsp3) is 0.348. The standard InChI is InChI=1S/C23H21F3N4O2/c24-23(25,26)22-27-16-9-3-2-8-15(16)20(28-22)30-14-19(21(31)29-12-6-1-7-13-29)32-18-11-5-4-10-17(18)30/h2-5,8-11,19H,1,6-7,12-14H2. The van der Waals surface area contributed by atoms with Gasteiger partial charge in [-0.15, -0.1) is 0 Å². The van der Waals surface area contributed by atoms with Crippen molar-refractivity contribution in [1.29, 1.82) is 0 Å². The zero-order valence-electron chi connectivity index (χ0n) is 17.2. The Bertz CT molecular complexity index is 1160. The number of carbonyl (C=O) groups is 1. The average molecular weight is 442 g/mol. The van der Waals surface area contributed by atoms with E-state index in [9.17, 15) is 18.0 Å². The molecule has 6 nitrogen and oxygen atoms in total. The second kappa shape index (κ2) is 7.96. The second-order valence-corrected chi connectivity index (χ2v) is 7.96. The van der Waals surface area contributed by atoms with Crippen LogP contribution in [-0.2, 0) is 11.0 Å². The van der Waals surface area contributed by atoms with Crippen LogP contribution >= 0.6 is 0 Å². The number of likely N-dealkylation sites (tertiary alicyclic amines) is 1. The van der Waals surface area contributed by atoms with E-state index >= 15 is 0 Å². The minimum absolute atomic E-state index is 0.0602. The first-order valence-electron chi connectivity index (χ1n) is 10.6. The van der Waals surface area contributed by atoms with Crippen LogP contribution in [0.15, 0.2) is 48.5 Å². The molecule has 1 amide bonds. The van der Waals surface area contributed by atoms with E-state index in [1.807, 2.05) is 0 Å². The van der Waals surface area contributed by atoms with Crippen LogP contribution in [0.3, 0.4) is 0 Å². The number of amides is 1. The quantitative estimate of drug-likeness (QED) is 0.582. The largest absolute Gasteiger partial charge is 0.476 e. The molecule has 1 unspecified atom stereocenters. The maximum atomic E-state index is 13.6. The van der Waals surface area contributed by atoms with Crippen LogP contribution in [0.2, 0.25) is 0 Å². The van der Waals surface area contributed by atoms with E-state index in [1.165, 1.54) is 6.07 Å². The summed E-state index contributed by atoms with van der Waals surface area (Å²) in [6.07, 6.45) is -2.59. The number of rotatable bonds is 2. The summed E-state index contributed by atoms with van der Waals surface area (Å²) in [4.78, 5) is 24.2. The predicted octanol–water partition coefficient (Wildman–Crippen LogP) is 4.56. The van der Waals surface area contributed by atoms with Gasteiger partial charge in [0.1, 0.15) is 11.6 Å². The molecule has 2 aromatic carbocycles. The molecule has 9 heteroatoms. The number of nitrogens with zero attached hydrogens (tertiary/aromatic N) is 4. The molecule has 0 aliphatic carbocycles. The van der Waals surface area contributed by atoms with Gasteiger partial charge in [0, 0.05) is 18.5 Å². The molecule has 3 aromatic rings. The van der Waals surface area contributed by atoms with Gasteiger partial charge in [0.2, 0.25) is 5.82 Å². The number of halogens is 3. The van der Waals surface area contributed by atoms with Crippen LogP contribution < -0.4 is 9.64 Å². The number of piperidine rings is 1. The number of hydrogen-bond acceptors (Lipinski definition) is 5. The Labute approximate surface area is 182 Å². The molecule has 2 aliphatic rings. The van der Waals surface area contributed by atoms with Crippen molar-refractivity contribution in [3.05, 3.63) is 54.4 Å². The highest BCUT2D eigenvalue weighted by molar-refractivity contribution is 5.93. The van der Waals surface area contributed by atoms with E-state index in [0.29, 0.717) is 29.9 Å². The number of anilines is 2. The van der Waals surface area contributed by atoms with Crippen LogP contribution in [0.5, 0.6) is 5.75 Å². The van der Waals surface area contributed by atoms with Crippen LogP contribution in [0.4, 0.5) is 24.7 Å². The summed E-state index contributed by atoms with van der Waals surface area (Å²) in [6.45, 7) is 1.38. The molecule has 2 aliphatic heterocycles. The predicted molar refractivity (Wildman–Crippen MR) is 113 cm³/mol. The van der Waals surface area contributed by atoms with Gasteiger partial charge in [0.25, 0.3) is 5.91 Å². The Kier molecular flexibility index (Phi) is 5.11. The van der Waals surface area contributed by atoms with Gasteiger partial charge < -0.3 is 14.5 Å². The Morgan fingerprint density at radius 3 is 2.47 bits per heavy atom. The highest BCUT2D eigenvalue weighted by Crippen LogP contribution is 2.41. The highest BCUT2D eigenvalue weighted by atomic mass is 19.4. The lowest BCUT2D eigenvalue weighted by Crippen LogP contribution is -2.50. The Morgan fingerprint density at radius 1 is 0.969 bits per heavy atom. The van der Waals surface area contributed by atoms with E-state index in [4.69, 9.17) is 4.74 Å². The van der Waals surface area contributed by atoms with Crippen molar-refractivity contribution in [1.82, 2.24) is 14.9 Å². The van der Waals surface area contributed by atoms with Gasteiger partial charge in [-0.05, 0) is 43.5 Å². The second-order valence-electron chi connectivity index (χ2n) is 7.96. The average Bonchev–Trinajstić information content (AvgIpc) is 2.82. The molecule has 1 atom stereocenters. The Balaban J connectivity index is 1.62. The highest BCUT2D eigenvalue weighted by Gasteiger charge is 2.39. The lowest BCUT2D eigenvalue weighted by molar-refractivity contribution is -0.144. The Morgan fingerprint density at radius 2 is 1.69 bits per heavy atom. The van der Waals surface area contributed by atoms with Crippen LogP contribution in [0.25, 0.3) is 10.9 Å². The van der Waals surface area contributed by atoms with Crippen LogP contribution in [0.1, 0.15) is 25.1 Å². The molecule has 3 heterocycles. The number of para-hydroxylation sites is 3. The molecular formula is C23H21F3N4O2. The number of ether oxygens (including phenoxy) is 1. The number of benzene rings is 2. The molecule has 32 heavy (non-hydrogen) atoms. The van der Waals surface area contributed by atoms with Gasteiger partial charge in [0.15, 0.2) is 6.10 Å². The summed E-state index contributed by atoms with van der Waals surface area (Å²) in [6, 6.07) is 13.6. The van der Waals surface area contributed by atoms with Gasteiger partial charge in [-0.3, -0.25) is 4.79 Å². The number of fused-ring (bicyclic) bond motifs is 2. The summed E-state index contributed by atoms with van der Waals surface area (Å²) < 4.78 is 46.7. The van der Waals surface area contributed by atoms with Crippen molar-refractivity contribution in [2.75, 3.05) is 24.5 Å². The number of aromatic nitrogens is 2. The first-order valence-corrected chi connectivity index (χ1v) is 10.6. The molecule has 0 N–H and O–H groups in total. The van der Waals surface area contributed by atoms with Crippen LogP contribution in [0, 0.1) is 0 Å². The normalized spacial score (nSPS) is 18.9. The minimum Gasteiger partial charge on any atom is -0.476 e. The van der Waals surface area contributed by atoms with Crippen molar-refractivity contribution >= 4 is 28.3 Å². The monoisotopic (exact) mass is 442 g/mol. The number of hydrogen-bond donors (Lipinski definition) is 0. The van der Waals surface area contributed by atoms with Crippen molar-refractivity contribution < 1.29 is 22.7 Å². The van der Waals surface area contributed by atoms with Gasteiger partial charge in [0.05, 0.1) is 17.7 Å². The number of carbonyl (C=O) groups excluding carboxylic acids is 1. The summed E-state index contributed by atoms with van der Waals surface area (Å²) in [5, 5.41) is 0.473. The smallest absolute Gasteiger partial charge is 0.451 e. The molecule has 5 rings (SSSR count). The summed E-state index contributed by atoms with van der Waals surface area (Å²) in [5.41, 5.74) is 0.750. The van der Waals surface area contributed by atoms with Gasteiger partial charge in [-0.1, -0.05) is 24.3 Å². The fourth-order valence-corrected chi connectivity index (χ4v) is 4.27. The molecule has 1 fully saturated rings. The van der Waals surface area contributed by atoms with Crippen molar-refractivity contribution in [3.8, 4) is 5.75 Å². The maximum absolute atomic E-state index is 13.6. The zero-order chi connectivity index (χ0) is 22.3. The summed E-state index contributed by atoms with van der Waals surface area (Å²) in [5.74, 6) is -0.826. The molecule has 166 valence electrons. The topological polar surface area (TPSA) is 58.6 Å². The van der Waals surface area contributed by atoms with E-state index in [0.717, 1.165) is 19.3 Å². The van der Waals surface area contributed by atoms with Crippen LogP contribution in [-0.4, -0.2) is 46.5 Å².